The third kappa shape index (κ3) is 5.48. The summed E-state index contributed by atoms with van der Waals surface area (Å²) in [5.41, 5.74) is 0.825. The summed E-state index contributed by atoms with van der Waals surface area (Å²) >= 11 is 0. The minimum absolute atomic E-state index is 0.0244. The van der Waals surface area contributed by atoms with Gasteiger partial charge in [0.15, 0.2) is 0 Å². The van der Waals surface area contributed by atoms with Crippen LogP contribution in [0.4, 0.5) is 5.69 Å². The number of ether oxygens (including phenoxy) is 1. The van der Waals surface area contributed by atoms with Crippen molar-refractivity contribution in [3.05, 3.63) is 30.3 Å². The Balaban J connectivity index is 2.12. The molecule has 16 heavy (non-hydrogen) atoms. The quantitative estimate of drug-likeness (QED) is 0.683. The van der Waals surface area contributed by atoms with Gasteiger partial charge in [0.05, 0.1) is 6.54 Å². The normalized spacial score (nSPS) is 10.1. The van der Waals surface area contributed by atoms with Crippen molar-refractivity contribution in [2.24, 2.45) is 0 Å². The molecule has 0 aliphatic heterocycles. The molecule has 88 valence electrons. The summed E-state index contributed by atoms with van der Waals surface area (Å²) in [6, 6.07) is 9.42. The van der Waals surface area contributed by atoms with E-state index in [-0.39, 0.29) is 5.91 Å². The van der Waals surface area contributed by atoms with Gasteiger partial charge >= 0.3 is 0 Å². The molecule has 0 aromatic heterocycles. The van der Waals surface area contributed by atoms with E-state index in [1.54, 1.807) is 7.11 Å². The van der Waals surface area contributed by atoms with Crippen molar-refractivity contribution in [3.8, 4) is 0 Å². The molecular formula is C12H18N2O2. The van der Waals surface area contributed by atoms with Crippen LogP contribution in [0.2, 0.25) is 0 Å². The number of carbonyl (C=O) groups excluding carboxylic acids is 1. The van der Waals surface area contributed by atoms with Crippen LogP contribution in [-0.2, 0) is 9.53 Å². The smallest absolute Gasteiger partial charge is 0.238 e. The lowest BCUT2D eigenvalue weighted by atomic mass is 10.3. The minimum Gasteiger partial charge on any atom is -0.385 e. The van der Waals surface area contributed by atoms with Gasteiger partial charge in [0.1, 0.15) is 0 Å². The summed E-state index contributed by atoms with van der Waals surface area (Å²) < 4.78 is 4.90. The average Bonchev–Trinajstić information content (AvgIpc) is 2.30. The Hall–Kier alpha value is -1.39. The topological polar surface area (TPSA) is 50.4 Å². The predicted molar refractivity (Wildman–Crippen MR) is 64.4 cm³/mol. The summed E-state index contributed by atoms with van der Waals surface area (Å²) in [6.07, 6.45) is 0.912. The molecule has 0 aliphatic rings. The lowest BCUT2D eigenvalue weighted by molar-refractivity contribution is -0.115. The van der Waals surface area contributed by atoms with Crippen molar-refractivity contribution in [1.82, 2.24) is 5.32 Å². The molecule has 1 rings (SSSR count). The van der Waals surface area contributed by atoms with Gasteiger partial charge in [0, 0.05) is 19.4 Å². The molecule has 0 heterocycles. The SMILES string of the molecule is COCCCNCC(=O)Nc1ccccc1. The Morgan fingerprint density at radius 2 is 2.06 bits per heavy atom. The fourth-order valence-corrected chi connectivity index (χ4v) is 1.27. The van der Waals surface area contributed by atoms with Crippen molar-refractivity contribution < 1.29 is 9.53 Å². The van der Waals surface area contributed by atoms with E-state index in [2.05, 4.69) is 10.6 Å². The first-order chi connectivity index (χ1) is 7.83. The monoisotopic (exact) mass is 222 g/mol. The molecule has 1 amide bonds. The Bertz CT molecular complexity index is 301. The van der Waals surface area contributed by atoms with E-state index < -0.39 is 0 Å². The zero-order chi connectivity index (χ0) is 11.6. The number of hydrogen-bond donors (Lipinski definition) is 2. The highest BCUT2D eigenvalue weighted by Crippen LogP contribution is 2.03. The van der Waals surface area contributed by atoms with Gasteiger partial charge in [-0.3, -0.25) is 4.79 Å². The standard InChI is InChI=1S/C12H18N2O2/c1-16-9-5-8-13-10-12(15)14-11-6-3-2-4-7-11/h2-4,6-7,13H,5,8-10H2,1H3,(H,14,15). The summed E-state index contributed by atoms with van der Waals surface area (Å²) in [5, 5.41) is 5.85. The van der Waals surface area contributed by atoms with Crippen LogP contribution >= 0.6 is 0 Å². The van der Waals surface area contributed by atoms with Crippen LogP contribution < -0.4 is 10.6 Å². The van der Waals surface area contributed by atoms with Crippen LogP contribution in [0.5, 0.6) is 0 Å². The number of para-hydroxylation sites is 1. The lowest BCUT2D eigenvalue weighted by Crippen LogP contribution is -2.29. The molecule has 4 heteroatoms. The zero-order valence-electron chi connectivity index (χ0n) is 9.53. The number of rotatable bonds is 7. The average molecular weight is 222 g/mol. The van der Waals surface area contributed by atoms with Gasteiger partial charge in [-0.25, -0.2) is 0 Å². The van der Waals surface area contributed by atoms with Crippen LogP contribution in [0, 0.1) is 0 Å². The molecule has 0 unspecified atom stereocenters. The van der Waals surface area contributed by atoms with Crippen molar-refractivity contribution in [2.75, 3.05) is 32.1 Å². The van der Waals surface area contributed by atoms with Gasteiger partial charge in [0.25, 0.3) is 0 Å². The largest absolute Gasteiger partial charge is 0.385 e. The van der Waals surface area contributed by atoms with Gasteiger partial charge in [-0.05, 0) is 25.1 Å². The number of benzene rings is 1. The molecule has 0 bridgehead atoms. The second-order valence-electron chi connectivity index (χ2n) is 3.44. The summed E-state index contributed by atoms with van der Waals surface area (Å²) in [5.74, 6) is -0.0244. The van der Waals surface area contributed by atoms with E-state index in [9.17, 15) is 4.79 Å². The molecule has 0 saturated heterocycles. The van der Waals surface area contributed by atoms with Crippen molar-refractivity contribution in [3.63, 3.8) is 0 Å². The van der Waals surface area contributed by atoms with Crippen LogP contribution in [0.1, 0.15) is 6.42 Å². The number of carbonyl (C=O) groups is 1. The molecular weight excluding hydrogens is 204 g/mol. The number of hydrogen-bond acceptors (Lipinski definition) is 3. The molecule has 0 aliphatic carbocycles. The van der Waals surface area contributed by atoms with E-state index in [1.807, 2.05) is 30.3 Å². The van der Waals surface area contributed by atoms with Crippen molar-refractivity contribution in [2.45, 2.75) is 6.42 Å². The van der Waals surface area contributed by atoms with Gasteiger partial charge < -0.3 is 15.4 Å². The van der Waals surface area contributed by atoms with Crippen LogP contribution in [0.3, 0.4) is 0 Å². The Labute approximate surface area is 96.0 Å². The molecule has 2 N–H and O–H groups in total. The summed E-state index contributed by atoms with van der Waals surface area (Å²) in [7, 11) is 1.67. The summed E-state index contributed by atoms with van der Waals surface area (Å²) in [6.45, 7) is 1.84. The summed E-state index contributed by atoms with van der Waals surface area (Å²) in [4.78, 5) is 11.4. The van der Waals surface area contributed by atoms with E-state index in [0.717, 1.165) is 18.7 Å². The number of amides is 1. The Morgan fingerprint density at radius 1 is 1.31 bits per heavy atom. The molecule has 0 spiro atoms. The third-order valence-electron chi connectivity index (χ3n) is 2.05. The van der Waals surface area contributed by atoms with E-state index in [1.165, 1.54) is 0 Å². The first-order valence-electron chi connectivity index (χ1n) is 5.37. The van der Waals surface area contributed by atoms with Gasteiger partial charge in [-0.15, -0.1) is 0 Å². The Morgan fingerprint density at radius 3 is 2.75 bits per heavy atom. The van der Waals surface area contributed by atoms with Crippen LogP contribution in [0.25, 0.3) is 0 Å². The third-order valence-corrected chi connectivity index (χ3v) is 2.05. The lowest BCUT2D eigenvalue weighted by Gasteiger charge is -2.06. The first kappa shape index (κ1) is 12.7. The maximum absolute atomic E-state index is 11.4. The second-order valence-corrected chi connectivity index (χ2v) is 3.44. The fourth-order valence-electron chi connectivity index (χ4n) is 1.27. The van der Waals surface area contributed by atoms with E-state index >= 15 is 0 Å². The zero-order valence-corrected chi connectivity index (χ0v) is 9.53. The maximum atomic E-state index is 11.4. The highest BCUT2D eigenvalue weighted by Gasteiger charge is 2.00. The molecule has 1 aromatic rings. The van der Waals surface area contributed by atoms with E-state index in [0.29, 0.717) is 13.2 Å². The number of anilines is 1. The molecule has 0 saturated carbocycles. The van der Waals surface area contributed by atoms with E-state index in [4.69, 9.17) is 4.74 Å². The predicted octanol–water partition coefficient (Wildman–Crippen LogP) is 1.25. The molecule has 1 aromatic carbocycles. The minimum atomic E-state index is -0.0244. The molecule has 0 radical (unpaired) electrons. The number of nitrogens with one attached hydrogen (secondary N) is 2. The maximum Gasteiger partial charge on any atom is 0.238 e. The van der Waals surface area contributed by atoms with Gasteiger partial charge in [-0.1, -0.05) is 18.2 Å². The Kier molecular flexibility index (Phi) is 6.22. The van der Waals surface area contributed by atoms with Crippen molar-refractivity contribution >= 4 is 11.6 Å². The second kappa shape index (κ2) is 7.84. The van der Waals surface area contributed by atoms with Gasteiger partial charge in [0.2, 0.25) is 5.91 Å². The van der Waals surface area contributed by atoms with Crippen LogP contribution in [-0.4, -0.2) is 32.7 Å². The first-order valence-corrected chi connectivity index (χ1v) is 5.37. The highest BCUT2D eigenvalue weighted by atomic mass is 16.5. The van der Waals surface area contributed by atoms with Gasteiger partial charge in [-0.2, -0.15) is 0 Å². The van der Waals surface area contributed by atoms with Crippen LogP contribution in [0.15, 0.2) is 30.3 Å². The fraction of sp³-hybridized carbons (Fsp3) is 0.417. The van der Waals surface area contributed by atoms with Crippen molar-refractivity contribution in [1.29, 1.82) is 0 Å². The molecule has 0 fully saturated rings. The highest BCUT2D eigenvalue weighted by molar-refractivity contribution is 5.92. The number of methoxy groups -OCH3 is 1. The molecule has 4 nitrogen and oxygen atoms in total. The molecule has 0 atom stereocenters.